The van der Waals surface area contributed by atoms with E-state index in [0.29, 0.717) is 6.42 Å². The first-order chi connectivity index (χ1) is 16.4. The summed E-state index contributed by atoms with van der Waals surface area (Å²) in [5.74, 6) is 0.336. The van der Waals surface area contributed by atoms with Crippen molar-refractivity contribution >= 4 is 20.6 Å². The van der Waals surface area contributed by atoms with Gasteiger partial charge in [0.1, 0.15) is 0 Å². The van der Waals surface area contributed by atoms with Gasteiger partial charge in [0, 0.05) is 25.9 Å². The van der Waals surface area contributed by atoms with E-state index in [9.17, 15) is 13.5 Å². The molecule has 1 aliphatic rings. The van der Waals surface area contributed by atoms with Gasteiger partial charge in [-0.2, -0.15) is 0 Å². The van der Waals surface area contributed by atoms with Crippen LogP contribution in [0.15, 0.2) is 72.6 Å². The lowest BCUT2D eigenvalue weighted by atomic mass is 9.97. The summed E-state index contributed by atoms with van der Waals surface area (Å²) in [6.07, 6.45) is 6.83. The number of allylic oxidation sites excluding steroid dienone is 1. The summed E-state index contributed by atoms with van der Waals surface area (Å²) < 4.78 is 23.2. The molecule has 0 saturated carbocycles. The van der Waals surface area contributed by atoms with E-state index in [0.717, 1.165) is 51.0 Å². The quantitative estimate of drug-likeness (QED) is 0.325. The molecule has 0 amide bonds. The zero-order valence-corrected chi connectivity index (χ0v) is 20.7. The Morgan fingerprint density at radius 2 is 1.79 bits per heavy atom. The Balaban J connectivity index is 1.18. The van der Waals surface area contributed by atoms with Crippen LogP contribution in [0.2, 0.25) is 0 Å². The van der Waals surface area contributed by atoms with Gasteiger partial charge in [0.15, 0.2) is 15.7 Å². The van der Waals surface area contributed by atoms with E-state index in [4.69, 9.17) is 0 Å². The summed E-state index contributed by atoms with van der Waals surface area (Å²) in [6.45, 7) is 3.64. The number of nitrogens with zero attached hydrogens (tertiary/aromatic N) is 1. The van der Waals surface area contributed by atoms with Gasteiger partial charge in [-0.25, -0.2) is 8.42 Å². The molecular formula is C28H34N2O3S. The van der Waals surface area contributed by atoms with Crippen LogP contribution in [-0.4, -0.2) is 44.3 Å². The molecule has 0 atom stereocenters. The molecule has 2 N–H and O–H groups in total. The van der Waals surface area contributed by atoms with Crippen molar-refractivity contribution < 1.29 is 13.5 Å². The molecule has 180 valence electrons. The molecule has 1 aliphatic heterocycles. The first-order valence-corrected chi connectivity index (χ1v) is 14.0. The van der Waals surface area contributed by atoms with E-state index >= 15 is 0 Å². The Labute approximate surface area is 203 Å². The van der Waals surface area contributed by atoms with Crippen LogP contribution in [0, 0.1) is 0 Å². The summed E-state index contributed by atoms with van der Waals surface area (Å²) >= 11 is 0. The van der Waals surface area contributed by atoms with Gasteiger partial charge in [-0.05, 0) is 71.3 Å². The van der Waals surface area contributed by atoms with Crippen LogP contribution >= 0.6 is 0 Å². The van der Waals surface area contributed by atoms with Crippen LogP contribution in [0.4, 0.5) is 0 Å². The minimum absolute atomic E-state index is 0.101. The van der Waals surface area contributed by atoms with Crippen molar-refractivity contribution in [1.29, 1.82) is 0 Å². The van der Waals surface area contributed by atoms with Gasteiger partial charge in [0.25, 0.3) is 0 Å². The molecule has 0 fully saturated rings. The van der Waals surface area contributed by atoms with Gasteiger partial charge in [-0.1, -0.05) is 60.7 Å². The number of benzene rings is 3. The van der Waals surface area contributed by atoms with E-state index in [1.807, 2.05) is 24.3 Å². The Kier molecular flexibility index (Phi) is 7.91. The molecule has 0 radical (unpaired) electrons. The SMILES string of the molecule is CS(=O)(=O)Cc1ccc2c(c1)CN(CCCCNC(O)=CCc1ccc3ccccc3c1)CC2. The molecule has 3 aromatic carbocycles. The van der Waals surface area contributed by atoms with Crippen LogP contribution in [0.1, 0.15) is 35.1 Å². The normalized spacial score (nSPS) is 14.8. The van der Waals surface area contributed by atoms with E-state index < -0.39 is 9.84 Å². The zero-order valence-electron chi connectivity index (χ0n) is 19.8. The average Bonchev–Trinajstić information content (AvgIpc) is 2.81. The molecule has 0 aromatic heterocycles. The molecule has 0 saturated heterocycles. The van der Waals surface area contributed by atoms with Crippen LogP contribution in [0.25, 0.3) is 10.8 Å². The van der Waals surface area contributed by atoms with Crippen molar-refractivity contribution in [1.82, 2.24) is 10.2 Å². The highest BCUT2D eigenvalue weighted by atomic mass is 32.2. The predicted octanol–water partition coefficient (Wildman–Crippen LogP) is 4.75. The average molecular weight is 479 g/mol. The number of hydrogen-bond donors (Lipinski definition) is 2. The summed E-state index contributed by atoms with van der Waals surface area (Å²) in [5.41, 5.74) is 4.63. The van der Waals surface area contributed by atoms with Crippen molar-refractivity contribution in [3.63, 3.8) is 0 Å². The minimum Gasteiger partial charge on any atom is -0.495 e. The molecule has 0 spiro atoms. The summed E-state index contributed by atoms with van der Waals surface area (Å²) in [4.78, 5) is 2.43. The fourth-order valence-corrected chi connectivity index (χ4v) is 5.37. The second-order valence-corrected chi connectivity index (χ2v) is 11.4. The van der Waals surface area contributed by atoms with Gasteiger partial charge in [-0.3, -0.25) is 4.90 Å². The summed E-state index contributed by atoms with van der Waals surface area (Å²) in [5, 5.41) is 15.7. The van der Waals surface area contributed by atoms with Gasteiger partial charge in [-0.15, -0.1) is 0 Å². The molecule has 34 heavy (non-hydrogen) atoms. The predicted molar refractivity (Wildman–Crippen MR) is 140 cm³/mol. The Morgan fingerprint density at radius 1 is 1.00 bits per heavy atom. The van der Waals surface area contributed by atoms with Gasteiger partial charge in [0.2, 0.25) is 0 Å². The molecule has 1 heterocycles. The summed E-state index contributed by atoms with van der Waals surface area (Å²) in [7, 11) is -3.02. The number of unbranched alkanes of at least 4 members (excludes halogenated alkanes) is 1. The van der Waals surface area contributed by atoms with Crippen molar-refractivity contribution in [2.75, 3.05) is 25.9 Å². The number of rotatable bonds is 10. The van der Waals surface area contributed by atoms with Crippen LogP contribution in [-0.2, 0) is 35.0 Å². The number of nitrogens with one attached hydrogen (secondary N) is 1. The maximum absolute atomic E-state index is 11.6. The van der Waals surface area contributed by atoms with E-state index in [-0.39, 0.29) is 11.6 Å². The van der Waals surface area contributed by atoms with Crippen molar-refractivity contribution in [3.05, 3.63) is 94.9 Å². The number of hydrogen-bond acceptors (Lipinski definition) is 5. The van der Waals surface area contributed by atoms with E-state index in [1.54, 1.807) is 0 Å². The van der Waals surface area contributed by atoms with Gasteiger partial charge >= 0.3 is 0 Å². The van der Waals surface area contributed by atoms with Crippen molar-refractivity contribution in [2.45, 2.75) is 38.0 Å². The maximum atomic E-state index is 11.6. The lowest BCUT2D eigenvalue weighted by molar-refractivity contribution is 0.248. The van der Waals surface area contributed by atoms with Crippen LogP contribution in [0.5, 0.6) is 0 Å². The molecule has 0 aliphatic carbocycles. The molecule has 0 bridgehead atoms. The van der Waals surface area contributed by atoms with Gasteiger partial charge < -0.3 is 10.4 Å². The highest BCUT2D eigenvalue weighted by molar-refractivity contribution is 7.89. The smallest absolute Gasteiger partial charge is 0.180 e. The third kappa shape index (κ3) is 7.08. The number of aliphatic hydroxyl groups is 1. The first kappa shape index (κ1) is 24.3. The minimum atomic E-state index is -3.02. The topological polar surface area (TPSA) is 69.6 Å². The largest absolute Gasteiger partial charge is 0.495 e. The van der Waals surface area contributed by atoms with E-state index in [2.05, 4.69) is 52.7 Å². The standard InChI is InChI=1S/C28H34N2O3S/c1-34(32,33)21-23-9-12-25-14-17-30(20-27(25)19-23)16-5-4-15-29-28(31)13-10-22-8-11-24-6-2-3-7-26(24)18-22/h2-3,6-9,11-13,18-19,29,31H,4-5,10,14-17,20-21H2,1H3. The highest BCUT2D eigenvalue weighted by Crippen LogP contribution is 2.22. The summed E-state index contributed by atoms with van der Waals surface area (Å²) in [6, 6.07) is 20.8. The molecule has 5 nitrogen and oxygen atoms in total. The lowest BCUT2D eigenvalue weighted by Gasteiger charge is -2.29. The second kappa shape index (κ2) is 11.1. The second-order valence-electron chi connectivity index (χ2n) is 9.31. The van der Waals surface area contributed by atoms with Crippen LogP contribution in [0.3, 0.4) is 0 Å². The fraction of sp³-hybridized carbons (Fsp3) is 0.357. The van der Waals surface area contributed by atoms with Gasteiger partial charge in [0.05, 0.1) is 5.75 Å². The highest BCUT2D eigenvalue weighted by Gasteiger charge is 2.17. The molecule has 0 unspecified atom stereocenters. The van der Waals surface area contributed by atoms with Crippen molar-refractivity contribution in [2.24, 2.45) is 0 Å². The Morgan fingerprint density at radius 3 is 2.62 bits per heavy atom. The molecule has 3 aromatic rings. The third-order valence-corrected chi connectivity index (χ3v) is 7.20. The van der Waals surface area contributed by atoms with Crippen molar-refractivity contribution in [3.8, 4) is 0 Å². The monoisotopic (exact) mass is 478 g/mol. The Bertz CT molecular complexity index is 1270. The fourth-order valence-electron chi connectivity index (χ4n) is 4.58. The third-order valence-electron chi connectivity index (χ3n) is 6.34. The number of fused-ring (bicyclic) bond motifs is 2. The first-order valence-electron chi connectivity index (χ1n) is 12.0. The molecular weight excluding hydrogens is 444 g/mol. The number of aliphatic hydroxyl groups excluding tert-OH is 1. The molecule has 6 heteroatoms. The van der Waals surface area contributed by atoms with E-state index in [1.165, 1.54) is 33.7 Å². The lowest BCUT2D eigenvalue weighted by Crippen LogP contribution is -2.31. The number of sulfone groups is 1. The maximum Gasteiger partial charge on any atom is 0.180 e. The van der Waals surface area contributed by atoms with Crippen LogP contribution < -0.4 is 5.32 Å². The molecule has 4 rings (SSSR count). The Hall–Kier alpha value is -2.83. The zero-order chi connectivity index (χ0) is 24.0.